The molecule has 2 N–H and O–H groups in total. The molecule has 7 heteroatoms. The minimum atomic E-state index is 0.275. The number of nitrogen functional groups attached to an aromatic ring is 1. The summed E-state index contributed by atoms with van der Waals surface area (Å²) in [6.07, 6.45) is 3.72. The van der Waals surface area contributed by atoms with Crippen LogP contribution in [0.4, 0.5) is 5.95 Å². The zero-order valence-corrected chi connectivity index (χ0v) is 10.8. The van der Waals surface area contributed by atoms with E-state index in [1.807, 2.05) is 21.5 Å². The fourth-order valence-corrected chi connectivity index (χ4v) is 2.54. The van der Waals surface area contributed by atoms with Crippen LogP contribution >= 0.6 is 11.8 Å². The highest BCUT2D eigenvalue weighted by Crippen LogP contribution is 2.22. The van der Waals surface area contributed by atoms with Gasteiger partial charge in [0.15, 0.2) is 5.16 Å². The Morgan fingerprint density at radius 1 is 1.41 bits per heavy atom. The molecule has 2 heterocycles. The Morgan fingerprint density at radius 3 is 2.88 bits per heavy atom. The maximum atomic E-state index is 5.77. The molecule has 0 aromatic carbocycles. The van der Waals surface area contributed by atoms with Gasteiger partial charge in [0.2, 0.25) is 5.95 Å². The highest BCUT2D eigenvalue weighted by molar-refractivity contribution is 7.99. The van der Waals surface area contributed by atoms with E-state index in [9.17, 15) is 0 Å². The second-order valence-corrected chi connectivity index (χ2v) is 4.98. The number of rotatable bonds is 5. The second-order valence-electron chi connectivity index (χ2n) is 3.92. The van der Waals surface area contributed by atoms with Crippen molar-refractivity contribution in [3.8, 4) is 0 Å². The lowest BCUT2D eigenvalue weighted by atomic mass is 10.4. The first-order valence-corrected chi connectivity index (χ1v) is 6.47. The lowest BCUT2D eigenvalue weighted by molar-refractivity contribution is 0.556. The molecule has 0 radical (unpaired) electrons. The maximum Gasteiger partial charge on any atom is 0.222 e. The summed E-state index contributed by atoms with van der Waals surface area (Å²) in [5, 5.41) is 13.0. The number of hydrogen-bond acceptors (Lipinski definition) is 5. The zero-order valence-electron chi connectivity index (χ0n) is 9.95. The summed E-state index contributed by atoms with van der Waals surface area (Å²) in [5.41, 5.74) is 5.77. The van der Waals surface area contributed by atoms with Crippen LogP contribution in [-0.2, 0) is 6.54 Å². The van der Waals surface area contributed by atoms with E-state index in [4.69, 9.17) is 5.73 Å². The smallest absolute Gasteiger partial charge is 0.222 e. The first kappa shape index (κ1) is 12.0. The molecule has 2 rings (SSSR count). The normalized spacial score (nSPS) is 11.2. The van der Waals surface area contributed by atoms with Crippen LogP contribution in [0.5, 0.6) is 0 Å². The number of anilines is 1. The molecule has 0 bridgehead atoms. The molecule has 0 saturated carbocycles. The van der Waals surface area contributed by atoms with Gasteiger partial charge in [-0.25, -0.2) is 0 Å². The standard InChI is InChI=1S/C10H16N6S/c1-8(2)16-9(11)13-14-10(16)17-7-6-15-5-3-4-12-15/h3-5,8H,6-7H2,1-2H3,(H2,11,13). The molecule has 0 aliphatic rings. The molecule has 2 aromatic rings. The third-order valence-corrected chi connectivity index (χ3v) is 3.24. The number of aromatic nitrogens is 5. The van der Waals surface area contributed by atoms with Crippen molar-refractivity contribution >= 4 is 17.7 Å². The van der Waals surface area contributed by atoms with E-state index in [0.29, 0.717) is 5.95 Å². The van der Waals surface area contributed by atoms with Gasteiger partial charge >= 0.3 is 0 Å². The van der Waals surface area contributed by atoms with Crippen LogP contribution in [-0.4, -0.2) is 30.3 Å². The van der Waals surface area contributed by atoms with E-state index in [1.54, 1.807) is 18.0 Å². The third-order valence-electron chi connectivity index (χ3n) is 2.32. The summed E-state index contributed by atoms with van der Waals surface area (Å²) in [4.78, 5) is 0. The van der Waals surface area contributed by atoms with Crippen molar-refractivity contribution < 1.29 is 0 Å². The first-order valence-electron chi connectivity index (χ1n) is 5.49. The van der Waals surface area contributed by atoms with Gasteiger partial charge in [0, 0.05) is 24.2 Å². The fourth-order valence-electron chi connectivity index (χ4n) is 1.54. The van der Waals surface area contributed by atoms with E-state index in [0.717, 1.165) is 17.5 Å². The Bertz CT molecular complexity index is 461. The Kier molecular flexibility index (Phi) is 3.68. The number of thioether (sulfide) groups is 1. The molecule has 6 nitrogen and oxygen atoms in total. The minimum absolute atomic E-state index is 0.275. The van der Waals surface area contributed by atoms with Crippen LogP contribution in [0, 0.1) is 0 Å². The molecule has 92 valence electrons. The summed E-state index contributed by atoms with van der Waals surface area (Å²) in [6, 6.07) is 2.19. The number of nitrogens with two attached hydrogens (primary N) is 1. The highest BCUT2D eigenvalue weighted by Gasteiger charge is 2.12. The summed E-state index contributed by atoms with van der Waals surface area (Å²) in [6.45, 7) is 4.98. The van der Waals surface area contributed by atoms with Crippen LogP contribution in [0.1, 0.15) is 19.9 Å². The molecule has 0 saturated heterocycles. The monoisotopic (exact) mass is 252 g/mol. The van der Waals surface area contributed by atoms with Crippen molar-refractivity contribution in [2.75, 3.05) is 11.5 Å². The molecule has 0 spiro atoms. The number of aryl methyl sites for hydroxylation is 1. The van der Waals surface area contributed by atoms with Gasteiger partial charge in [0.25, 0.3) is 0 Å². The minimum Gasteiger partial charge on any atom is -0.368 e. The number of hydrogen-bond donors (Lipinski definition) is 1. The molecule has 0 unspecified atom stereocenters. The Morgan fingerprint density at radius 2 is 2.24 bits per heavy atom. The van der Waals surface area contributed by atoms with E-state index < -0.39 is 0 Å². The largest absolute Gasteiger partial charge is 0.368 e. The van der Waals surface area contributed by atoms with Crippen molar-refractivity contribution in [2.45, 2.75) is 31.6 Å². The third kappa shape index (κ3) is 2.79. The predicted molar refractivity (Wildman–Crippen MR) is 67.8 cm³/mol. The van der Waals surface area contributed by atoms with E-state index in [2.05, 4.69) is 29.1 Å². The van der Waals surface area contributed by atoms with E-state index in [-0.39, 0.29) is 6.04 Å². The summed E-state index contributed by atoms with van der Waals surface area (Å²) in [5.74, 6) is 1.37. The average Bonchev–Trinajstić information content (AvgIpc) is 2.88. The molecule has 0 aliphatic heterocycles. The average molecular weight is 252 g/mol. The fraction of sp³-hybridized carbons (Fsp3) is 0.500. The van der Waals surface area contributed by atoms with Crippen molar-refractivity contribution in [2.24, 2.45) is 0 Å². The van der Waals surface area contributed by atoms with Gasteiger partial charge in [0.05, 0.1) is 6.54 Å². The molecule has 0 amide bonds. The van der Waals surface area contributed by atoms with Gasteiger partial charge in [-0.1, -0.05) is 11.8 Å². The van der Waals surface area contributed by atoms with Crippen molar-refractivity contribution in [3.05, 3.63) is 18.5 Å². The van der Waals surface area contributed by atoms with Crippen LogP contribution in [0.3, 0.4) is 0 Å². The van der Waals surface area contributed by atoms with Crippen LogP contribution in [0.2, 0.25) is 0 Å². The summed E-state index contributed by atoms with van der Waals surface area (Å²) >= 11 is 1.64. The molecule has 0 fully saturated rings. The van der Waals surface area contributed by atoms with Gasteiger partial charge in [-0.2, -0.15) is 5.10 Å². The SMILES string of the molecule is CC(C)n1c(N)nnc1SCCn1cccn1. The maximum absolute atomic E-state index is 5.77. The first-order chi connectivity index (χ1) is 8.18. The van der Waals surface area contributed by atoms with Gasteiger partial charge in [0.1, 0.15) is 0 Å². The molecule has 0 atom stereocenters. The summed E-state index contributed by atoms with van der Waals surface area (Å²) in [7, 11) is 0. The quantitative estimate of drug-likeness (QED) is 0.815. The lowest BCUT2D eigenvalue weighted by Gasteiger charge is -2.11. The van der Waals surface area contributed by atoms with E-state index in [1.165, 1.54) is 0 Å². The zero-order chi connectivity index (χ0) is 12.3. The predicted octanol–water partition coefficient (Wildman–Crippen LogP) is 1.43. The topological polar surface area (TPSA) is 74.6 Å². The van der Waals surface area contributed by atoms with Gasteiger partial charge in [-0.3, -0.25) is 9.25 Å². The molecule has 2 aromatic heterocycles. The highest BCUT2D eigenvalue weighted by atomic mass is 32.2. The Balaban J connectivity index is 1.95. The van der Waals surface area contributed by atoms with Gasteiger partial charge < -0.3 is 5.73 Å². The van der Waals surface area contributed by atoms with Crippen LogP contribution in [0.15, 0.2) is 23.6 Å². The molecular weight excluding hydrogens is 236 g/mol. The second kappa shape index (κ2) is 5.22. The Hall–Kier alpha value is -1.50. The van der Waals surface area contributed by atoms with Crippen molar-refractivity contribution in [1.82, 2.24) is 24.5 Å². The van der Waals surface area contributed by atoms with E-state index >= 15 is 0 Å². The number of nitrogens with zero attached hydrogens (tertiary/aromatic N) is 5. The molecule has 0 aliphatic carbocycles. The molecular formula is C10H16N6S. The van der Waals surface area contributed by atoms with Gasteiger partial charge in [-0.05, 0) is 19.9 Å². The molecule has 17 heavy (non-hydrogen) atoms. The van der Waals surface area contributed by atoms with Crippen molar-refractivity contribution in [3.63, 3.8) is 0 Å². The lowest BCUT2D eigenvalue weighted by Crippen LogP contribution is -2.08. The van der Waals surface area contributed by atoms with Crippen LogP contribution < -0.4 is 5.73 Å². The van der Waals surface area contributed by atoms with Crippen molar-refractivity contribution in [1.29, 1.82) is 0 Å². The van der Waals surface area contributed by atoms with Crippen LogP contribution in [0.25, 0.3) is 0 Å². The van der Waals surface area contributed by atoms with Gasteiger partial charge in [-0.15, -0.1) is 10.2 Å². The summed E-state index contributed by atoms with van der Waals surface area (Å²) < 4.78 is 3.83. The Labute approximate surface area is 104 Å².